The predicted molar refractivity (Wildman–Crippen MR) is 149 cm³/mol. The van der Waals surface area contributed by atoms with E-state index < -0.39 is 27.8 Å². The Morgan fingerprint density at radius 1 is 0.763 bits per heavy atom. The number of benzene rings is 4. The lowest BCUT2D eigenvalue weighted by atomic mass is 9.77. The maximum atomic E-state index is 14.5. The van der Waals surface area contributed by atoms with Crippen molar-refractivity contribution >= 4 is 32.6 Å². The molecule has 6 heteroatoms. The number of sulfonamides is 1. The first-order chi connectivity index (χ1) is 18.3. The molecule has 1 aromatic heterocycles. The van der Waals surface area contributed by atoms with Crippen LogP contribution in [-0.2, 0) is 21.2 Å². The van der Waals surface area contributed by atoms with Crippen LogP contribution >= 0.6 is 0 Å². The van der Waals surface area contributed by atoms with Crippen LogP contribution in [0.25, 0.3) is 11.0 Å². The van der Waals surface area contributed by atoms with Gasteiger partial charge in [0.25, 0.3) is 10.0 Å². The molecule has 6 rings (SSSR count). The first-order valence-electron chi connectivity index (χ1n) is 12.6. The fourth-order valence-electron chi connectivity index (χ4n) is 5.34. The minimum Gasteiger partial charge on any atom is -0.458 e. The zero-order valence-corrected chi connectivity index (χ0v) is 22.0. The number of furan rings is 1. The van der Waals surface area contributed by atoms with Crippen molar-refractivity contribution in [2.45, 2.75) is 31.1 Å². The van der Waals surface area contributed by atoms with E-state index in [1.54, 1.807) is 24.3 Å². The van der Waals surface area contributed by atoms with Crippen molar-refractivity contribution in [1.82, 2.24) is 0 Å². The molecule has 0 unspecified atom stereocenters. The van der Waals surface area contributed by atoms with Crippen molar-refractivity contribution in [3.63, 3.8) is 0 Å². The van der Waals surface area contributed by atoms with E-state index in [9.17, 15) is 13.2 Å². The van der Waals surface area contributed by atoms with Crippen LogP contribution in [0.2, 0.25) is 0 Å². The largest absolute Gasteiger partial charge is 0.458 e. The second kappa shape index (κ2) is 9.30. The zero-order valence-electron chi connectivity index (χ0n) is 21.2. The van der Waals surface area contributed by atoms with Crippen LogP contribution < -0.4 is 4.31 Å². The summed E-state index contributed by atoms with van der Waals surface area (Å²) in [6.07, 6.45) is 0.370. The average molecular weight is 522 g/mol. The third-order valence-electron chi connectivity index (χ3n) is 7.29. The molecule has 0 aliphatic carbocycles. The molecule has 5 nitrogen and oxygen atoms in total. The van der Waals surface area contributed by atoms with Crippen molar-refractivity contribution in [2.24, 2.45) is 5.92 Å². The average Bonchev–Trinajstić information content (AvgIpc) is 3.29. The van der Waals surface area contributed by atoms with E-state index >= 15 is 0 Å². The van der Waals surface area contributed by atoms with Crippen LogP contribution in [0, 0.1) is 19.8 Å². The van der Waals surface area contributed by atoms with Crippen molar-refractivity contribution in [3.05, 3.63) is 131 Å². The van der Waals surface area contributed by atoms with Gasteiger partial charge in [-0.25, -0.2) is 8.42 Å². The van der Waals surface area contributed by atoms with Gasteiger partial charge in [-0.2, -0.15) is 4.31 Å². The number of fused-ring (bicyclic) bond motifs is 3. The SMILES string of the molecule is Cc1ccc([C@H]2c3oc4ccccc4c3N(S(=O)(=O)c3ccc(C)cc3)C(=O)[C@H]2Cc2ccccc2)cc1. The second-order valence-corrected chi connectivity index (χ2v) is 11.7. The van der Waals surface area contributed by atoms with Gasteiger partial charge < -0.3 is 4.42 Å². The molecule has 190 valence electrons. The van der Waals surface area contributed by atoms with Gasteiger partial charge in [-0.05, 0) is 55.7 Å². The van der Waals surface area contributed by atoms with Gasteiger partial charge in [-0.3, -0.25) is 4.79 Å². The Morgan fingerprint density at radius 3 is 2.05 bits per heavy atom. The number of hydrogen-bond acceptors (Lipinski definition) is 4. The third kappa shape index (κ3) is 4.02. The molecule has 1 aliphatic rings. The van der Waals surface area contributed by atoms with Crippen LogP contribution in [-0.4, -0.2) is 14.3 Å². The summed E-state index contributed by atoms with van der Waals surface area (Å²) >= 11 is 0. The van der Waals surface area contributed by atoms with E-state index in [0.29, 0.717) is 28.8 Å². The highest BCUT2D eigenvalue weighted by Crippen LogP contribution is 2.50. The van der Waals surface area contributed by atoms with E-state index in [1.165, 1.54) is 0 Å². The number of anilines is 1. The molecule has 0 bridgehead atoms. The monoisotopic (exact) mass is 521 g/mol. The summed E-state index contributed by atoms with van der Waals surface area (Å²) in [5.74, 6) is -1.10. The molecular formula is C32H27NO4S. The molecule has 2 heterocycles. The maximum Gasteiger partial charge on any atom is 0.271 e. The maximum absolute atomic E-state index is 14.5. The topological polar surface area (TPSA) is 67.6 Å². The van der Waals surface area contributed by atoms with Gasteiger partial charge in [0, 0.05) is 5.39 Å². The number of carbonyl (C=O) groups excluding carboxylic acids is 1. The second-order valence-electron chi connectivity index (χ2n) is 9.92. The lowest BCUT2D eigenvalue weighted by molar-refractivity contribution is -0.122. The Balaban J connectivity index is 1.62. The Kier molecular flexibility index (Phi) is 5.92. The van der Waals surface area contributed by atoms with Crippen LogP contribution in [0.5, 0.6) is 0 Å². The molecule has 0 fully saturated rings. The molecule has 1 amide bonds. The number of amides is 1. The molecule has 0 spiro atoms. The molecular weight excluding hydrogens is 494 g/mol. The summed E-state index contributed by atoms with van der Waals surface area (Å²) in [5.41, 5.74) is 4.76. The highest BCUT2D eigenvalue weighted by molar-refractivity contribution is 7.93. The number of hydrogen-bond donors (Lipinski definition) is 0. The predicted octanol–water partition coefficient (Wildman–Crippen LogP) is 6.78. The molecule has 1 aliphatic heterocycles. The molecule has 2 atom stereocenters. The number of nitrogens with zero attached hydrogens (tertiary/aromatic N) is 1. The lowest BCUT2D eigenvalue weighted by Gasteiger charge is -2.36. The molecule has 5 aromatic rings. The van der Waals surface area contributed by atoms with Gasteiger partial charge in [0.05, 0.1) is 16.7 Å². The van der Waals surface area contributed by atoms with Crippen LogP contribution in [0.4, 0.5) is 5.69 Å². The zero-order chi connectivity index (χ0) is 26.4. The molecule has 0 saturated heterocycles. The number of rotatable bonds is 5. The third-order valence-corrected chi connectivity index (χ3v) is 9.01. The van der Waals surface area contributed by atoms with E-state index in [0.717, 1.165) is 26.6 Å². The Hall–Kier alpha value is -4.16. The van der Waals surface area contributed by atoms with E-state index in [1.807, 2.05) is 92.7 Å². The fourth-order valence-corrected chi connectivity index (χ4v) is 6.83. The molecule has 0 saturated carbocycles. The Bertz CT molecular complexity index is 1740. The summed E-state index contributed by atoms with van der Waals surface area (Å²) in [7, 11) is -4.22. The molecule has 38 heavy (non-hydrogen) atoms. The first kappa shape index (κ1) is 24.2. The summed E-state index contributed by atoms with van der Waals surface area (Å²) in [4.78, 5) is 14.5. The molecule has 4 aromatic carbocycles. The Morgan fingerprint density at radius 2 is 1.37 bits per heavy atom. The van der Waals surface area contributed by atoms with Crippen molar-refractivity contribution in [2.75, 3.05) is 4.31 Å². The van der Waals surface area contributed by atoms with Gasteiger partial charge in [-0.1, -0.05) is 90.0 Å². The van der Waals surface area contributed by atoms with Gasteiger partial charge in [-0.15, -0.1) is 0 Å². The smallest absolute Gasteiger partial charge is 0.271 e. The van der Waals surface area contributed by atoms with Crippen LogP contribution in [0.3, 0.4) is 0 Å². The number of aryl methyl sites for hydroxylation is 2. The Labute approximate surface area is 222 Å². The minimum absolute atomic E-state index is 0.0694. The van der Waals surface area contributed by atoms with Gasteiger partial charge in [0.2, 0.25) is 5.91 Å². The molecule has 0 radical (unpaired) electrons. The highest BCUT2D eigenvalue weighted by atomic mass is 32.2. The van der Waals surface area contributed by atoms with Gasteiger partial charge >= 0.3 is 0 Å². The first-order valence-corrected chi connectivity index (χ1v) is 14.1. The summed E-state index contributed by atoms with van der Waals surface area (Å²) in [5, 5.41) is 0.599. The lowest BCUT2D eigenvalue weighted by Crippen LogP contribution is -2.47. The number of carbonyl (C=O) groups is 1. The quantitative estimate of drug-likeness (QED) is 0.256. The summed E-state index contributed by atoms with van der Waals surface area (Å²) < 4.78 is 35.7. The number of para-hydroxylation sites is 1. The van der Waals surface area contributed by atoms with Crippen molar-refractivity contribution < 1.29 is 17.6 Å². The van der Waals surface area contributed by atoms with Crippen LogP contribution in [0.1, 0.15) is 33.9 Å². The highest BCUT2D eigenvalue weighted by Gasteiger charge is 2.49. The minimum atomic E-state index is -4.22. The summed E-state index contributed by atoms with van der Waals surface area (Å²) in [6.45, 7) is 3.91. The van der Waals surface area contributed by atoms with Crippen molar-refractivity contribution in [3.8, 4) is 0 Å². The summed E-state index contributed by atoms with van der Waals surface area (Å²) in [6, 6.07) is 31.6. The van der Waals surface area contributed by atoms with Crippen LogP contribution in [0.15, 0.2) is 112 Å². The van der Waals surface area contributed by atoms with E-state index in [4.69, 9.17) is 4.42 Å². The fraction of sp³-hybridized carbons (Fsp3) is 0.156. The van der Waals surface area contributed by atoms with E-state index in [2.05, 4.69) is 0 Å². The van der Waals surface area contributed by atoms with Crippen molar-refractivity contribution in [1.29, 1.82) is 0 Å². The van der Waals surface area contributed by atoms with E-state index in [-0.39, 0.29) is 4.90 Å². The van der Waals surface area contributed by atoms with Gasteiger partial charge in [0.15, 0.2) is 0 Å². The molecule has 0 N–H and O–H groups in total. The standard InChI is InChI=1S/C32H27NO4S/c1-21-12-16-24(17-13-21)29-27(20-23-8-4-3-5-9-23)32(34)33(38(35,36)25-18-14-22(2)15-19-25)30-26-10-6-7-11-28(26)37-31(29)30/h3-19,27,29H,20H2,1-2H3/t27-,29+/m0/s1. The normalized spacial score (nSPS) is 17.5. The van der Waals surface area contributed by atoms with Gasteiger partial charge in [0.1, 0.15) is 17.0 Å².